The van der Waals surface area contributed by atoms with Crippen LogP contribution in [0.3, 0.4) is 0 Å². The number of hydrogen-bond acceptors (Lipinski definition) is 2. The van der Waals surface area contributed by atoms with Gasteiger partial charge in [-0.2, -0.15) is 0 Å². The molecule has 1 aliphatic carbocycles. The Morgan fingerprint density at radius 3 is 2.65 bits per heavy atom. The summed E-state index contributed by atoms with van der Waals surface area (Å²) in [5.41, 5.74) is 1.27. The summed E-state index contributed by atoms with van der Waals surface area (Å²) in [5.74, 6) is 1.34. The van der Waals surface area contributed by atoms with Crippen LogP contribution in [-0.2, 0) is 0 Å². The van der Waals surface area contributed by atoms with Crippen LogP contribution in [0.2, 0.25) is 0 Å². The first-order valence-electron chi connectivity index (χ1n) is 6.74. The SMILES string of the molecule is CCC1CCCCC1C(=O)c1cc(C)c(C)s1. The smallest absolute Gasteiger partial charge is 0.176 e. The van der Waals surface area contributed by atoms with Gasteiger partial charge in [-0.3, -0.25) is 4.79 Å². The van der Waals surface area contributed by atoms with E-state index in [2.05, 4.69) is 26.8 Å². The molecule has 94 valence electrons. The Morgan fingerprint density at radius 1 is 1.35 bits per heavy atom. The fourth-order valence-electron chi connectivity index (χ4n) is 2.92. The Kier molecular flexibility index (Phi) is 4.03. The molecule has 1 aliphatic rings. The summed E-state index contributed by atoms with van der Waals surface area (Å²) < 4.78 is 0. The summed E-state index contributed by atoms with van der Waals surface area (Å²) in [6, 6.07) is 2.09. The molecule has 2 atom stereocenters. The van der Waals surface area contributed by atoms with Crippen LogP contribution in [0.5, 0.6) is 0 Å². The van der Waals surface area contributed by atoms with Crippen molar-refractivity contribution in [2.45, 2.75) is 52.9 Å². The van der Waals surface area contributed by atoms with Crippen LogP contribution in [0.1, 0.15) is 59.1 Å². The predicted octanol–water partition coefficient (Wildman–Crippen LogP) is 4.76. The zero-order valence-corrected chi connectivity index (χ0v) is 11.9. The molecule has 2 unspecified atom stereocenters. The van der Waals surface area contributed by atoms with Gasteiger partial charge in [0.05, 0.1) is 4.88 Å². The molecule has 17 heavy (non-hydrogen) atoms. The Balaban J connectivity index is 2.18. The number of rotatable bonds is 3. The summed E-state index contributed by atoms with van der Waals surface area (Å²) in [6.45, 7) is 6.43. The van der Waals surface area contributed by atoms with Crippen LogP contribution in [0, 0.1) is 25.7 Å². The van der Waals surface area contributed by atoms with Crippen LogP contribution >= 0.6 is 11.3 Å². The van der Waals surface area contributed by atoms with Gasteiger partial charge in [-0.25, -0.2) is 0 Å². The normalized spacial score (nSPS) is 24.9. The maximum Gasteiger partial charge on any atom is 0.176 e. The molecule has 1 heterocycles. The first kappa shape index (κ1) is 12.8. The maximum atomic E-state index is 12.5. The lowest BCUT2D eigenvalue weighted by Crippen LogP contribution is -2.26. The number of carbonyl (C=O) groups excluding carboxylic acids is 1. The van der Waals surface area contributed by atoms with Crippen molar-refractivity contribution >= 4 is 17.1 Å². The lowest BCUT2D eigenvalue weighted by Gasteiger charge is -2.29. The molecule has 0 spiro atoms. The molecule has 0 aliphatic heterocycles. The van der Waals surface area contributed by atoms with Gasteiger partial charge in [-0.1, -0.05) is 26.2 Å². The Hall–Kier alpha value is -0.630. The highest BCUT2D eigenvalue weighted by molar-refractivity contribution is 7.14. The van der Waals surface area contributed by atoms with E-state index < -0.39 is 0 Å². The zero-order valence-electron chi connectivity index (χ0n) is 11.1. The summed E-state index contributed by atoms with van der Waals surface area (Å²) in [6.07, 6.45) is 6.05. The molecule has 2 heteroatoms. The Labute approximate surface area is 108 Å². The lowest BCUT2D eigenvalue weighted by atomic mass is 9.75. The third-order valence-corrected chi connectivity index (χ3v) is 5.35. The molecule has 0 saturated heterocycles. The second-order valence-corrected chi connectivity index (χ2v) is 6.53. The van der Waals surface area contributed by atoms with E-state index >= 15 is 0 Å². The molecule has 1 aromatic heterocycles. The van der Waals surface area contributed by atoms with E-state index in [4.69, 9.17) is 0 Å². The lowest BCUT2D eigenvalue weighted by molar-refractivity contribution is 0.0824. The first-order chi connectivity index (χ1) is 8.13. The second-order valence-electron chi connectivity index (χ2n) is 5.27. The third-order valence-electron chi connectivity index (χ3n) is 4.18. The van der Waals surface area contributed by atoms with Crippen LogP contribution < -0.4 is 0 Å². The number of Topliss-reactive ketones (excluding diaryl/α,β-unsaturated/α-hetero) is 1. The van der Waals surface area contributed by atoms with E-state index in [1.807, 2.05) is 0 Å². The first-order valence-corrected chi connectivity index (χ1v) is 7.56. The summed E-state index contributed by atoms with van der Waals surface area (Å²) in [5, 5.41) is 0. The molecule has 1 aromatic rings. The third kappa shape index (κ3) is 2.62. The van der Waals surface area contributed by atoms with Crippen molar-refractivity contribution in [2.75, 3.05) is 0 Å². The topological polar surface area (TPSA) is 17.1 Å². The van der Waals surface area contributed by atoms with Gasteiger partial charge < -0.3 is 0 Å². The fourth-order valence-corrected chi connectivity index (χ4v) is 3.96. The van der Waals surface area contributed by atoms with Crippen LogP contribution in [0.25, 0.3) is 0 Å². The van der Waals surface area contributed by atoms with Crippen LogP contribution in [0.4, 0.5) is 0 Å². The van der Waals surface area contributed by atoms with Gasteiger partial charge in [0.1, 0.15) is 0 Å². The van der Waals surface area contributed by atoms with E-state index in [-0.39, 0.29) is 0 Å². The van der Waals surface area contributed by atoms with Gasteiger partial charge >= 0.3 is 0 Å². The van der Waals surface area contributed by atoms with Gasteiger partial charge in [-0.15, -0.1) is 11.3 Å². The van der Waals surface area contributed by atoms with Gasteiger partial charge in [0, 0.05) is 10.8 Å². The fraction of sp³-hybridized carbons (Fsp3) is 0.667. The molecule has 1 nitrogen and oxygen atoms in total. The highest BCUT2D eigenvalue weighted by Gasteiger charge is 2.31. The number of ketones is 1. The van der Waals surface area contributed by atoms with Crippen molar-refractivity contribution in [1.29, 1.82) is 0 Å². The summed E-state index contributed by atoms with van der Waals surface area (Å²) in [7, 11) is 0. The molecule has 2 rings (SSSR count). The molecule has 1 fully saturated rings. The largest absolute Gasteiger partial charge is 0.293 e. The van der Waals surface area contributed by atoms with Gasteiger partial charge in [0.15, 0.2) is 5.78 Å². The van der Waals surface area contributed by atoms with E-state index in [1.165, 1.54) is 29.7 Å². The molecule has 0 amide bonds. The second kappa shape index (κ2) is 5.34. The van der Waals surface area contributed by atoms with E-state index in [0.29, 0.717) is 17.6 Å². The van der Waals surface area contributed by atoms with Crippen molar-refractivity contribution in [3.8, 4) is 0 Å². The van der Waals surface area contributed by atoms with Crippen LogP contribution in [-0.4, -0.2) is 5.78 Å². The highest BCUT2D eigenvalue weighted by atomic mass is 32.1. The predicted molar refractivity (Wildman–Crippen MR) is 73.9 cm³/mol. The molecule has 1 saturated carbocycles. The Bertz CT molecular complexity index is 386. The molecular formula is C15H22OS. The molecular weight excluding hydrogens is 228 g/mol. The number of thiophene rings is 1. The van der Waals surface area contributed by atoms with Crippen molar-refractivity contribution in [1.82, 2.24) is 0 Å². The minimum Gasteiger partial charge on any atom is -0.293 e. The monoisotopic (exact) mass is 250 g/mol. The van der Waals surface area contributed by atoms with Crippen molar-refractivity contribution in [2.24, 2.45) is 11.8 Å². The van der Waals surface area contributed by atoms with E-state index in [0.717, 1.165) is 17.7 Å². The van der Waals surface area contributed by atoms with Crippen molar-refractivity contribution in [3.63, 3.8) is 0 Å². The quantitative estimate of drug-likeness (QED) is 0.707. The van der Waals surface area contributed by atoms with Gasteiger partial charge in [0.25, 0.3) is 0 Å². The average molecular weight is 250 g/mol. The van der Waals surface area contributed by atoms with Crippen LogP contribution in [0.15, 0.2) is 6.07 Å². The molecule has 0 radical (unpaired) electrons. The average Bonchev–Trinajstić information content (AvgIpc) is 2.68. The molecule has 0 N–H and O–H groups in total. The Morgan fingerprint density at radius 2 is 2.06 bits per heavy atom. The number of aryl methyl sites for hydroxylation is 2. The van der Waals surface area contributed by atoms with Gasteiger partial charge in [0.2, 0.25) is 0 Å². The zero-order chi connectivity index (χ0) is 12.4. The number of carbonyl (C=O) groups is 1. The van der Waals surface area contributed by atoms with Crippen molar-refractivity contribution in [3.05, 3.63) is 21.4 Å². The summed E-state index contributed by atoms with van der Waals surface area (Å²) >= 11 is 1.68. The van der Waals surface area contributed by atoms with Crippen molar-refractivity contribution < 1.29 is 4.79 Å². The minimum atomic E-state index is 0.297. The molecule has 0 aromatic carbocycles. The standard InChI is InChI=1S/C15H22OS/c1-4-12-7-5-6-8-13(12)15(16)14-9-10(2)11(3)17-14/h9,12-13H,4-8H2,1-3H3. The van der Waals surface area contributed by atoms with E-state index in [9.17, 15) is 4.79 Å². The number of hydrogen-bond donors (Lipinski definition) is 0. The summed E-state index contributed by atoms with van der Waals surface area (Å²) in [4.78, 5) is 14.8. The molecule has 0 bridgehead atoms. The van der Waals surface area contributed by atoms with Gasteiger partial charge in [-0.05, 0) is 44.2 Å². The highest BCUT2D eigenvalue weighted by Crippen LogP contribution is 2.36. The van der Waals surface area contributed by atoms with E-state index in [1.54, 1.807) is 11.3 Å². The maximum absolute atomic E-state index is 12.5. The minimum absolute atomic E-state index is 0.297.